The Morgan fingerprint density at radius 2 is 1.82 bits per heavy atom. The number of rotatable bonds is 5. The monoisotopic (exact) mass is 241 g/mol. The predicted octanol–water partition coefficient (Wildman–Crippen LogP) is 4.05. The van der Waals surface area contributed by atoms with Crippen LogP contribution < -0.4 is 5.32 Å². The van der Waals surface area contributed by atoms with Crippen LogP contribution >= 0.6 is 0 Å². The van der Waals surface area contributed by atoms with Crippen molar-refractivity contribution in [2.45, 2.75) is 46.2 Å². The molecule has 0 aliphatic rings. The second-order valence-electron chi connectivity index (χ2n) is 4.79. The van der Waals surface area contributed by atoms with Gasteiger partial charge in [0, 0.05) is 17.6 Å². The van der Waals surface area contributed by atoms with Crippen LogP contribution in [0.25, 0.3) is 0 Å². The summed E-state index contributed by atoms with van der Waals surface area (Å²) in [6, 6.07) is 4.45. The minimum absolute atomic E-state index is 0.182. The van der Waals surface area contributed by atoms with Gasteiger partial charge in [-0.2, -0.15) is 0 Å². The molecule has 0 fully saturated rings. The molecule has 96 valence electrons. The highest BCUT2D eigenvalue weighted by Gasteiger charge is 2.18. The molecule has 2 atom stereocenters. The van der Waals surface area contributed by atoms with Crippen LogP contribution in [0, 0.1) is 17.6 Å². The number of hydrogen-bond donors (Lipinski definition) is 1. The highest BCUT2D eigenvalue weighted by atomic mass is 19.2. The van der Waals surface area contributed by atoms with Gasteiger partial charge in [-0.1, -0.05) is 32.9 Å². The smallest absolute Gasteiger partial charge is 0.163 e. The molecule has 1 nitrogen and oxygen atoms in total. The SMILES string of the molecule is CCC(NC(C)c1cccc(F)c1F)C(C)C. The van der Waals surface area contributed by atoms with Crippen molar-refractivity contribution in [2.75, 3.05) is 0 Å². The Morgan fingerprint density at radius 1 is 1.18 bits per heavy atom. The highest BCUT2D eigenvalue weighted by Crippen LogP contribution is 2.21. The molecule has 0 aliphatic heterocycles. The van der Waals surface area contributed by atoms with Gasteiger partial charge < -0.3 is 5.32 Å². The van der Waals surface area contributed by atoms with E-state index in [9.17, 15) is 8.78 Å². The summed E-state index contributed by atoms with van der Waals surface area (Å²) in [5.41, 5.74) is 0.393. The molecule has 0 bridgehead atoms. The predicted molar refractivity (Wildman–Crippen MR) is 66.8 cm³/mol. The van der Waals surface area contributed by atoms with Crippen LogP contribution in [0.5, 0.6) is 0 Å². The fourth-order valence-electron chi connectivity index (χ4n) is 2.05. The highest BCUT2D eigenvalue weighted by molar-refractivity contribution is 5.22. The van der Waals surface area contributed by atoms with E-state index in [1.165, 1.54) is 0 Å². The topological polar surface area (TPSA) is 12.0 Å². The van der Waals surface area contributed by atoms with Gasteiger partial charge in [0.25, 0.3) is 0 Å². The molecule has 0 aromatic heterocycles. The van der Waals surface area contributed by atoms with Crippen molar-refractivity contribution in [1.29, 1.82) is 0 Å². The summed E-state index contributed by atoms with van der Waals surface area (Å²) in [7, 11) is 0. The first-order valence-electron chi connectivity index (χ1n) is 6.17. The second kappa shape index (κ2) is 6.10. The van der Waals surface area contributed by atoms with Gasteiger partial charge >= 0.3 is 0 Å². The molecule has 0 heterocycles. The minimum Gasteiger partial charge on any atom is -0.307 e. The zero-order valence-electron chi connectivity index (χ0n) is 10.9. The Bertz CT molecular complexity index is 363. The van der Waals surface area contributed by atoms with Gasteiger partial charge in [-0.3, -0.25) is 0 Å². The molecule has 1 aromatic carbocycles. The lowest BCUT2D eigenvalue weighted by atomic mass is 9.99. The normalized spacial score (nSPS) is 15.0. The van der Waals surface area contributed by atoms with Crippen LogP contribution in [-0.4, -0.2) is 6.04 Å². The Kier molecular flexibility index (Phi) is 5.06. The lowest BCUT2D eigenvalue weighted by Gasteiger charge is -2.25. The van der Waals surface area contributed by atoms with Gasteiger partial charge in [-0.25, -0.2) is 8.78 Å². The molecule has 0 amide bonds. The van der Waals surface area contributed by atoms with E-state index in [0.717, 1.165) is 12.5 Å². The average Bonchev–Trinajstić information content (AvgIpc) is 2.28. The third-order valence-electron chi connectivity index (χ3n) is 3.16. The largest absolute Gasteiger partial charge is 0.307 e. The van der Waals surface area contributed by atoms with E-state index >= 15 is 0 Å². The molecular weight excluding hydrogens is 220 g/mol. The van der Waals surface area contributed by atoms with Crippen molar-refractivity contribution in [2.24, 2.45) is 5.92 Å². The molecule has 0 saturated carbocycles. The Hall–Kier alpha value is -0.960. The van der Waals surface area contributed by atoms with Crippen LogP contribution in [0.3, 0.4) is 0 Å². The molecule has 1 rings (SSSR count). The van der Waals surface area contributed by atoms with Gasteiger partial charge in [-0.15, -0.1) is 0 Å². The van der Waals surface area contributed by atoms with Gasteiger partial charge in [-0.05, 0) is 25.3 Å². The fraction of sp³-hybridized carbons (Fsp3) is 0.571. The van der Waals surface area contributed by atoms with Crippen molar-refractivity contribution in [1.82, 2.24) is 5.32 Å². The molecule has 2 unspecified atom stereocenters. The maximum Gasteiger partial charge on any atom is 0.163 e. The Balaban J connectivity index is 2.82. The fourth-order valence-corrected chi connectivity index (χ4v) is 2.05. The lowest BCUT2D eigenvalue weighted by Crippen LogP contribution is -2.35. The molecule has 0 radical (unpaired) electrons. The molecule has 0 spiro atoms. The average molecular weight is 241 g/mol. The molecule has 17 heavy (non-hydrogen) atoms. The molecule has 3 heteroatoms. The van der Waals surface area contributed by atoms with E-state index in [2.05, 4.69) is 26.1 Å². The summed E-state index contributed by atoms with van der Waals surface area (Å²) in [5, 5.41) is 3.34. The lowest BCUT2D eigenvalue weighted by molar-refractivity contribution is 0.349. The summed E-state index contributed by atoms with van der Waals surface area (Å²) >= 11 is 0. The zero-order valence-corrected chi connectivity index (χ0v) is 10.9. The Morgan fingerprint density at radius 3 is 2.35 bits per heavy atom. The van der Waals surface area contributed by atoms with Gasteiger partial charge in [0.2, 0.25) is 0 Å². The third-order valence-corrected chi connectivity index (χ3v) is 3.16. The quantitative estimate of drug-likeness (QED) is 0.820. The van der Waals surface area contributed by atoms with Crippen LogP contribution in [0.15, 0.2) is 18.2 Å². The van der Waals surface area contributed by atoms with Crippen LogP contribution in [0.1, 0.15) is 45.7 Å². The number of nitrogens with one attached hydrogen (secondary N) is 1. The number of benzene rings is 1. The zero-order chi connectivity index (χ0) is 13.0. The first-order chi connectivity index (χ1) is 7.97. The first kappa shape index (κ1) is 14.1. The standard InChI is InChI=1S/C14H21F2N/c1-5-13(9(2)3)17-10(4)11-7-6-8-12(15)14(11)16/h6-10,13,17H,5H2,1-4H3. The van der Waals surface area contributed by atoms with E-state index in [0.29, 0.717) is 17.5 Å². The minimum atomic E-state index is -0.784. The van der Waals surface area contributed by atoms with Crippen molar-refractivity contribution in [3.63, 3.8) is 0 Å². The van der Waals surface area contributed by atoms with Gasteiger partial charge in [0.15, 0.2) is 11.6 Å². The van der Waals surface area contributed by atoms with E-state index in [4.69, 9.17) is 0 Å². The van der Waals surface area contributed by atoms with Crippen LogP contribution in [-0.2, 0) is 0 Å². The summed E-state index contributed by atoms with van der Waals surface area (Å²) < 4.78 is 26.7. The number of halogens is 2. The van der Waals surface area contributed by atoms with Gasteiger partial charge in [0.1, 0.15) is 0 Å². The second-order valence-corrected chi connectivity index (χ2v) is 4.79. The van der Waals surface area contributed by atoms with E-state index in [-0.39, 0.29) is 6.04 Å². The number of hydrogen-bond acceptors (Lipinski definition) is 1. The summed E-state index contributed by atoms with van der Waals surface area (Å²) in [4.78, 5) is 0. The molecule has 1 N–H and O–H groups in total. The van der Waals surface area contributed by atoms with Gasteiger partial charge in [0.05, 0.1) is 0 Å². The maximum atomic E-state index is 13.6. The molecule has 1 aromatic rings. The molecule has 0 saturated heterocycles. The molecular formula is C14H21F2N. The first-order valence-corrected chi connectivity index (χ1v) is 6.17. The Labute approximate surface area is 102 Å². The van der Waals surface area contributed by atoms with Crippen molar-refractivity contribution in [3.05, 3.63) is 35.4 Å². The molecule has 0 aliphatic carbocycles. The van der Waals surface area contributed by atoms with E-state index < -0.39 is 11.6 Å². The van der Waals surface area contributed by atoms with E-state index in [1.54, 1.807) is 12.1 Å². The summed E-state index contributed by atoms with van der Waals surface area (Å²) in [5.74, 6) is -1.06. The van der Waals surface area contributed by atoms with E-state index in [1.807, 2.05) is 6.92 Å². The van der Waals surface area contributed by atoms with Crippen molar-refractivity contribution in [3.8, 4) is 0 Å². The maximum absolute atomic E-state index is 13.6. The third kappa shape index (κ3) is 3.50. The summed E-state index contributed by atoms with van der Waals surface area (Å²) in [6.45, 7) is 8.20. The van der Waals surface area contributed by atoms with Crippen LogP contribution in [0.2, 0.25) is 0 Å². The van der Waals surface area contributed by atoms with Crippen LogP contribution in [0.4, 0.5) is 8.78 Å². The van der Waals surface area contributed by atoms with Crippen molar-refractivity contribution < 1.29 is 8.78 Å². The van der Waals surface area contributed by atoms with Crippen molar-refractivity contribution >= 4 is 0 Å². The summed E-state index contributed by atoms with van der Waals surface area (Å²) in [6.07, 6.45) is 0.971.